The number of cyclic esters (lactones) is 1. The first-order valence-corrected chi connectivity index (χ1v) is 12.8. The molecule has 1 aliphatic heterocycles. The highest BCUT2D eigenvalue weighted by Crippen LogP contribution is 2.22. The van der Waals surface area contributed by atoms with Crippen LogP contribution >= 0.6 is 11.6 Å². The summed E-state index contributed by atoms with van der Waals surface area (Å²) >= 11 is 5.84. The molecule has 0 saturated carbocycles. The van der Waals surface area contributed by atoms with Crippen LogP contribution in [0.4, 0.5) is 10.7 Å². The summed E-state index contributed by atoms with van der Waals surface area (Å²) in [5.41, 5.74) is -0.0393. The van der Waals surface area contributed by atoms with Crippen molar-refractivity contribution in [3.63, 3.8) is 0 Å². The summed E-state index contributed by atoms with van der Waals surface area (Å²) in [5, 5.41) is 15.8. The SMILES string of the molecule is CC(C)OC(=O)C(C)(C)Oc1ccc(C(=O)c2ccc(Cl)cc2)cc1.O=C1OCCN1N=Cc1ccc([N+](=O)[O-])o1. The number of halogens is 1. The van der Waals surface area contributed by atoms with Crippen molar-refractivity contribution in [1.29, 1.82) is 0 Å². The molecular formula is C28H28ClN3O9. The van der Waals surface area contributed by atoms with Crippen molar-refractivity contribution in [2.45, 2.75) is 39.4 Å². The molecule has 1 saturated heterocycles. The third-order valence-electron chi connectivity index (χ3n) is 5.29. The average molecular weight is 586 g/mol. The maximum Gasteiger partial charge on any atom is 0.433 e. The van der Waals surface area contributed by atoms with Gasteiger partial charge in [-0.1, -0.05) is 11.6 Å². The maximum absolute atomic E-state index is 12.4. The largest absolute Gasteiger partial charge is 0.476 e. The number of nitrogens with zero attached hydrogens (tertiary/aromatic N) is 3. The van der Waals surface area contributed by atoms with Crippen LogP contribution in [0.5, 0.6) is 5.75 Å². The molecule has 0 atom stereocenters. The minimum Gasteiger partial charge on any atom is -0.476 e. The Labute approximate surface area is 240 Å². The van der Waals surface area contributed by atoms with Crippen LogP contribution in [0.3, 0.4) is 0 Å². The molecule has 216 valence electrons. The van der Waals surface area contributed by atoms with Gasteiger partial charge >= 0.3 is 17.9 Å². The van der Waals surface area contributed by atoms with Crippen molar-refractivity contribution in [2.75, 3.05) is 13.2 Å². The van der Waals surface area contributed by atoms with E-state index in [4.69, 9.17) is 25.5 Å². The quantitative estimate of drug-likeness (QED) is 0.102. The van der Waals surface area contributed by atoms with E-state index in [9.17, 15) is 24.5 Å². The van der Waals surface area contributed by atoms with E-state index in [1.165, 1.54) is 18.3 Å². The van der Waals surface area contributed by atoms with Crippen LogP contribution in [-0.4, -0.2) is 58.8 Å². The van der Waals surface area contributed by atoms with Crippen molar-refractivity contribution < 1.29 is 37.9 Å². The van der Waals surface area contributed by atoms with Crippen LogP contribution in [0.1, 0.15) is 49.4 Å². The number of ether oxygens (including phenoxy) is 3. The van der Waals surface area contributed by atoms with Crippen LogP contribution in [0, 0.1) is 10.1 Å². The Balaban J connectivity index is 0.000000248. The van der Waals surface area contributed by atoms with E-state index >= 15 is 0 Å². The molecule has 13 heteroatoms. The Morgan fingerprint density at radius 3 is 2.20 bits per heavy atom. The monoisotopic (exact) mass is 585 g/mol. The number of nitro groups is 1. The summed E-state index contributed by atoms with van der Waals surface area (Å²) in [5.74, 6) is -0.235. The minimum absolute atomic E-state index is 0.110. The standard InChI is InChI=1S/C20H21ClO4.C8H7N3O5/c1-13(2)24-19(23)20(3,4)25-17-11-7-15(8-12-17)18(22)14-5-9-16(21)10-6-14;12-8-10(3-4-15-8)9-5-6-1-2-7(16-6)11(13)14/h5-13H,1-4H3;1-2,5H,3-4H2. The number of hydrogen-bond donors (Lipinski definition) is 0. The summed E-state index contributed by atoms with van der Waals surface area (Å²) in [6, 6.07) is 16.0. The molecule has 2 heterocycles. The van der Waals surface area contributed by atoms with Crippen LogP contribution in [0.15, 0.2) is 70.2 Å². The number of carbonyl (C=O) groups excluding carboxylic acids is 3. The summed E-state index contributed by atoms with van der Waals surface area (Å²) < 4.78 is 20.3. The number of hydrazone groups is 1. The fourth-order valence-corrected chi connectivity index (χ4v) is 3.39. The minimum atomic E-state index is -1.12. The molecule has 1 amide bonds. The lowest BCUT2D eigenvalue weighted by Crippen LogP contribution is -2.40. The molecule has 0 radical (unpaired) electrons. The molecule has 3 aromatic rings. The number of ketones is 1. The van der Waals surface area contributed by atoms with E-state index in [2.05, 4.69) is 9.84 Å². The van der Waals surface area contributed by atoms with Gasteiger partial charge in [0.15, 0.2) is 17.1 Å². The molecule has 0 unspecified atom stereocenters. The average Bonchev–Trinajstić information content (AvgIpc) is 3.57. The molecule has 1 fully saturated rings. The summed E-state index contributed by atoms with van der Waals surface area (Å²) in [7, 11) is 0. The highest BCUT2D eigenvalue weighted by molar-refractivity contribution is 6.30. The Morgan fingerprint density at radius 2 is 1.68 bits per heavy atom. The highest BCUT2D eigenvalue weighted by Gasteiger charge is 2.32. The summed E-state index contributed by atoms with van der Waals surface area (Å²) in [4.78, 5) is 45.1. The molecule has 0 bridgehead atoms. The second-order valence-corrected chi connectivity index (χ2v) is 9.78. The summed E-state index contributed by atoms with van der Waals surface area (Å²) in [6.07, 6.45) is 0.464. The molecule has 12 nitrogen and oxygen atoms in total. The van der Waals surface area contributed by atoms with Gasteiger partial charge < -0.3 is 18.6 Å². The lowest BCUT2D eigenvalue weighted by atomic mass is 10.0. The van der Waals surface area contributed by atoms with Crippen LogP contribution in [0.2, 0.25) is 5.02 Å². The first kappa shape index (κ1) is 30.8. The molecule has 0 spiro atoms. The number of carbonyl (C=O) groups is 3. The van der Waals surface area contributed by atoms with Crippen LogP contribution in [-0.2, 0) is 14.3 Å². The first-order valence-electron chi connectivity index (χ1n) is 12.4. The van der Waals surface area contributed by atoms with Gasteiger partial charge in [-0.15, -0.1) is 0 Å². The predicted octanol–water partition coefficient (Wildman–Crippen LogP) is 5.65. The topological polar surface area (TPSA) is 151 Å². The van der Waals surface area contributed by atoms with E-state index in [0.717, 1.165) is 5.01 Å². The van der Waals surface area contributed by atoms with Crippen LogP contribution < -0.4 is 4.74 Å². The third kappa shape index (κ3) is 8.90. The van der Waals surface area contributed by atoms with E-state index < -0.39 is 22.6 Å². The normalized spacial score (nSPS) is 13.0. The van der Waals surface area contributed by atoms with E-state index in [1.807, 2.05) is 0 Å². The molecule has 0 aliphatic carbocycles. The number of hydrogen-bond acceptors (Lipinski definition) is 10. The second kappa shape index (κ2) is 13.6. The Hall–Kier alpha value is -4.71. The zero-order chi connectivity index (χ0) is 30.2. The van der Waals surface area contributed by atoms with Crippen molar-refractivity contribution in [3.05, 3.63) is 92.7 Å². The number of rotatable bonds is 9. The van der Waals surface area contributed by atoms with Gasteiger partial charge in [0.05, 0.1) is 24.9 Å². The number of benzene rings is 2. The van der Waals surface area contributed by atoms with E-state index in [0.29, 0.717) is 28.4 Å². The van der Waals surface area contributed by atoms with Gasteiger partial charge in [0.1, 0.15) is 17.3 Å². The van der Waals surface area contributed by atoms with Crippen molar-refractivity contribution in [1.82, 2.24) is 5.01 Å². The maximum atomic E-state index is 12.4. The smallest absolute Gasteiger partial charge is 0.433 e. The molecule has 1 aliphatic rings. The van der Waals surface area contributed by atoms with Gasteiger partial charge in [-0.3, -0.25) is 14.9 Å². The fourth-order valence-electron chi connectivity index (χ4n) is 3.26. The summed E-state index contributed by atoms with van der Waals surface area (Å²) in [6.45, 7) is 7.50. The van der Waals surface area contributed by atoms with Gasteiger partial charge in [-0.05, 0) is 82.3 Å². The lowest BCUT2D eigenvalue weighted by molar-refractivity contribution is -0.402. The number of amides is 1. The van der Waals surface area contributed by atoms with Gasteiger partial charge in [-0.2, -0.15) is 10.1 Å². The lowest BCUT2D eigenvalue weighted by Gasteiger charge is -2.25. The molecule has 0 N–H and O–H groups in total. The zero-order valence-corrected chi connectivity index (χ0v) is 23.5. The first-order chi connectivity index (χ1) is 19.4. The Bertz CT molecular complexity index is 1410. The Kier molecular flexibility index (Phi) is 10.2. The van der Waals surface area contributed by atoms with E-state index in [1.54, 1.807) is 76.2 Å². The number of furan rings is 1. The van der Waals surface area contributed by atoms with Crippen molar-refractivity contribution >= 4 is 41.5 Å². The van der Waals surface area contributed by atoms with Gasteiger partial charge in [0, 0.05) is 16.1 Å². The number of esters is 1. The van der Waals surface area contributed by atoms with Crippen molar-refractivity contribution in [3.8, 4) is 5.75 Å². The van der Waals surface area contributed by atoms with Gasteiger partial charge in [0.25, 0.3) is 0 Å². The molecule has 2 aromatic carbocycles. The van der Waals surface area contributed by atoms with Crippen molar-refractivity contribution in [2.24, 2.45) is 5.10 Å². The highest BCUT2D eigenvalue weighted by atomic mass is 35.5. The Morgan fingerprint density at radius 1 is 1.07 bits per heavy atom. The molecule has 4 rings (SSSR count). The molecular weight excluding hydrogens is 558 g/mol. The van der Waals surface area contributed by atoms with E-state index in [-0.39, 0.29) is 30.1 Å². The van der Waals surface area contributed by atoms with Crippen LogP contribution in [0.25, 0.3) is 0 Å². The predicted molar refractivity (Wildman–Crippen MR) is 148 cm³/mol. The van der Waals surface area contributed by atoms with Gasteiger partial charge in [0.2, 0.25) is 0 Å². The molecule has 41 heavy (non-hydrogen) atoms. The van der Waals surface area contributed by atoms with Gasteiger partial charge in [-0.25, -0.2) is 9.59 Å². The second-order valence-electron chi connectivity index (χ2n) is 9.34. The third-order valence-corrected chi connectivity index (χ3v) is 5.54. The fraction of sp³-hybridized carbons (Fsp3) is 0.286. The molecule has 1 aromatic heterocycles. The zero-order valence-electron chi connectivity index (χ0n) is 22.7.